The van der Waals surface area contributed by atoms with Gasteiger partial charge in [-0.05, 0) is 59.7 Å². The molecule has 1 fully saturated rings. The summed E-state index contributed by atoms with van der Waals surface area (Å²) >= 11 is 0. The first-order valence-electron chi connectivity index (χ1n) is 43.4. The van der Waals surface area contributed by atoms with E-state index in [1.807, 2.05) is 0 Å². The summed E-state index contributed by atoms with van der Waals surface area (Å²) in [6, 6.07) is 0. The highest BCUT2D eigenvalue weighted by Crippen LogP contribution is 2.35. The second-order valence-electron chi connectivity index (χ2n) is 33.1. The molecule has 0 amide bonds. The van der Waals surface area contributed by atoms with Crippen LogP contribution in [0.15, 0.2) is 0 Å². The molecule has 1 aliphatic carbocycles. The van der Waals surface area contributed by atoms with Crippen molar-refractivity contribution >= 4 is 0 Å². The topological polar surface area (TPSA) is 0 Å². The summed E-state index contributed by atoms with van der Waals surface area (Å²) in [6.45, 7) is 30.9. The average Bonchev–Trinajstić information content (AvgIpc) is 3.55. The normalized spacial score (nSPS) is 16.1. The Hall–Kier alpha value is 0. The molecule has 0 nitrogen and oxygen atoms in total. The molecule has 0 saturated heterocycles. The van der Waals surface area contributed by atoms with Gasteiger partial charge in [-0.1, -0.05) is 514 Å². The molecule has 0 aromatic heterocycles. The van der Waals surface area contributed by atoms with Crippen molar-refractivity contribution < 1.29 is 0 Å². The van der Waals surface area contributed by atoms with Crippen LogP contribution in [0.1, 0.15) is 520 Å². The molecule has 0 radical (unpaired) electrons. The van der Waals surface area contributed by atoms with E-state index in [-0.39, 0.29) is 0 Å². The van der Waals surface area contributed by atoms with Crippen LogP contribution in [0.2, 0.25) is 0 Å². The van der Waals surface area contributed by atoms with Gasteiger partial charge in [0, 0.05) is 0 Å². The number of unbranched alkanes of at least 4 members (excludes halogenated alkanes) is 42. The molecule has 0 aromatic rings. The zero-order valence-corrected chi connectivity index (χ0v) is 65.6. The van der Waals surface area contributed by atoms with E-state index in [9.17, 15) is 0 Å². The molecule has 7 unspecified atom stereocenters. The van der Waals surface area contributed by atoms with E-state index in [0.29, 0.717) is 0 Å². The lowest BCUT2D eigenvalue weighted by Gasteiger charge is -2.29. The molecule has 0 bridgehead atoms. The van der Waals surface area contributed by atoms with Gasteiger partial charge < -0.3 is 0 Å². The monoisotopic (exact) mass is 1250 g/mol. The Morgan fingerprint density at radius 3 is 0.607 bits per heavy atom. The average molecular weight is 1250 g/mol. The Bertz CT molecular complexity index is 1200. The van der Waals surface area contributed by atoms with Crippen LogP contribution < -0.4 is 0 Å². The second kappa shape index (κ2) is 75.4. The fourth-order valence-electron chi connectivity index (χ4n) is 15.0. The second-order valence-corrected chi connectivity index (χ2v) is 33.1. The predicted molar refractivity (Wildman–Crippen MR) is 415 cm³/mol. The molecule has 0 aromatic carbocycles. The fourth-order valence-corrected chi connectivity index (χ4v) is 15.0. The first kappa shape index (κ1) is 91.1. The molecule has 1 aliphatic rings. The smallest absolute Gasteiger partial charge is 0.0412 e. The van der Waals surface area contributed by atoms with Gasteiger partial charge in [0.15, 0.2) is 0 Å². The highest BCUT2D eigenvalue weighted by Gasteiger charge is 2.21. The molecule has 0 spiro atoms. The third kappa shape index (κ3) is 76.9. The number of hydrogen-bond donors (Lipinski definition) is 0. The van der Waals surface area contributed by atoms with Gasteiger partial charge in [0.25, 0.3) is 0 Å². The molecule has 1 rings (SSSR count). The van der Waals surface area contributed by atoms with Gasteiger partial charge in [0.1, 0.15) is 0 Å². The zero-order chi connectivity index (χ0) is 65.6. The minimum Gasteiger partial charge on any atom is -0.0654 e. The van der Waals surface area contributed by atoms with Gasteiger partial charge in [0.2, 0.25) is 0 Å². The standard InChI is InChI=1S/C30H60.C30H62.C29H60/c1-3-5-7-9-11-13-14-16-18-20-22-25-30-27-23-26-29(28-30)24-21-19-17-15-12-10-8-6-4-2;1-7-27(3)21-17-19-25-29(5)23-15-13-11-9-10-12-14-16-24-30(6)26-20-18-22-28(4)8-2;1-27(2)23-19-17-15-13-11-9-7-6-8-10-12-14-16-18-20-25-29(5)26-22-21-24-28(3)4/h29-30H,3-28H2,1-2H3;27-30H,7-26H2,1-6H3;27-29H,6-26H2,1-5H3. The Balaban J connectivity index is 0. The van der Waals surface area contributed by atoms with Crippen molar-refractivity contribution in [2.45, 2.75) is 520 Å². The van der Waals surface area contributed by atoms with Crippen LogP contribution in [0.4, 0.5) is 0 Å². The maximum atomic E-state index is 2.48. The number of hydrogen-bond acceptors (Lipinski definition) is 0. The van der Waals surface area contributed by atoms with E-state index in [4.69, 9.17) is 0 Å². The van der Waals surface area contributed by atoms with Gasteiger partial charge in [0.05, 0.1) is 0 Å². The van der Waals surface area contributed by atoms with Crippen LogP contribution in [0.5, 0.6) is 0 Å². The number of rotatable bonds is 68. The molecule has 89 heavy (non-hydrogen) atoms. The van der Waals surface area contributed by atoms with Crippen LogP contribution in [-0.2, 0) is 0 Å². The molecular weight excluding hydrogens is 1070 g/mol. The quantitative estimate of drug-likeness (QED) is 0.0533. The van der Waals surface area contributed by atoms with Gasteiger partial charge in [-0.25, -0.2) is 0 Å². The Kier molecular flexibility index (Phi) is 77.1. The van der Waals surface area contributed by atoms with Crippen LogP contribution in [0.3, 0.4) is 0 Å². The van der Waals surface area contributed by atoms with Crippen molar-refractivity contribution in [2.75, 3.05) is 0 Å². The third-order valence-corrected chi connectivity index (χ3v) is 22.4. The van der Waals surface area contributed by atoms with Crippen LogP contribution >= 0.6 is 0 Å². The Labute approximate surface area is 570 Å². The van der Waals surface area contributed by atoms with Gasteiger partial charge in [-0.2, -0.15) is 0 Å². The summed E-state index contributed by atoms with van der Waals surface area (Å²) in [5.74, 6) is 8.70. The highest BCUT2D eigenvalue weighted by molar-refractivity contribution is 4.74. The first-order chi connectivity index (χ1) is 43.4. The summed E-state index contributed by atoms with van der Waals surface area (Å²) in [5.41, 5.74) is 0. The van der Waals surface area contributed by atoms with E-state index in [1.54, 1.807) is 32.1 Å². The van der Waals surface area contributed by atoms with Gasteiger partial charge >= 0.3 is 0 Å². The molecule has 538 valence electrons. The van der Waals surface area contributed by atoms with Crippen molar-refractivity contribution in [3.8, 4) is 0 Å². The molecule has 0 heteroatoms. The molecule has 0 N–H and O–H groups in total. The molecule has 1 saturated carbocycles. The molecule has 0 aliphatic heterocycles. The van der Waals surface area contributed by atoms with E-state index in [2.05, 4.69) is 90.0 Å². The van der Waals surface area contributed by atoms with E-state index < -0.39 is 0 Å². The van der Waals surface area contributed by atoms with E-state index >= 15 is 0 Å². The summed E-state index contributed by atoms with van der Waals surface area (Å²) in [4.78, 5) is 0. The third-order valence-electron chi connectivity index (χ3n) is 22.4. The summed E-state index contributed by atoms with van der Waals surface area (Å²) in [6.07, 6.45) is 98.9. The SMILES string of the molecule is CC(C)CCCCCCCCCCCCCCCCCC(C)CCCCC(C)C.CCC(C)CCCCC(C)CCCCCCCCCCC(C)CCCCC(C)CC.CCCCCCCCCCCCCC1CCCC(CCCCCCCCCCC)C1. The van der Waals surface area contributed by atoms with E-state index in [0.717, 1.165) is 53.3 Å². The minimum absolute atomic E-state index is 0.888. The van der Waals surface area contributed by atoms with Crippen molar-refractivity contribution in [3.05, 3.63) is 0 Å². The Morgan fingerprint density at radius 1 is 0.202 bits per heavy atom. The fraction of sp³-hybridized carbons (Fsp3) is 1.00. The van der Waals surface area contributed by atoms with Crippen molar-refractivity contribution in [3.63, 3.8) is 0 Å². The van der Waals surface area contributed by atoms with E-state index in [1.165, 1.54) is 398 Å². The van der Waals surface area contributed by atoms with Crippen molar-refractivity contribution in [1.29, 1.82) is 0 Å². The van der Waals surface area contributed by atoms with Crippen molar-refractivity contribution in [2.24, 2.45) is 53.3 Å². The summed E-state index contributed by atoms with van der Waals surface area (Å²) < 4.78 is 0. The van der Waals surface area contributed by atoms with Crippen LogP contribution in [0, 0.1) is 53.3 Å². The predicted octanol–water partition coefficient (Wildman–Crippen LogP) is 33.9. The maximum Gasteiger partial charge on any atom is -0.0412 e. The van der Waals surface area contributed by atoms with Crippen LogP contribution in [-0.4, -0.2) is 0 Å². The lowest BCUT2D eigenvalue weighted by atomic mass is 9.77. The summed E-state index contributed by atoms with van der Waals surface area (Å²) in [5, 5.41) is 0. The first-order valence-corrected chi connectivity index (χ1v) is 43.4. The lowest BCUT2D eigenvalue weighted by molar-refractivity contribution is 0.235. The van der Waals surface area contributed by atoms with Crippen molar-refractivity contribution in [1.82, 2.24) is 0 Å². The zero-order valence-electron chi connectivity index (χ0n) is 65.6. The largest absolute Gasteiger partial charge is 0.0654 e. The highest BCUT2D eigenvalue weighted by atomic mass is 14.3. The van der Waals surface area contributed by atoms with Gasteiger partial charge in [-0.3, -0.25) is 0 Å². The Morgan fingerprint density at radius 2 is 0.382 bits per heavy atom. The van der Waals surface area contributed by atoms with Gasteiger partial charge in [-0.15, -0.1) is 0 Å². The summed E-state index contributed by atoms with van der Waals surface area (Å²) in [7, 11) is 0. The van der Waals surface area contributed by atoms with Crippen LogP contribution in [0.25, 0.3) is 0 Å². The molecule has 0 heterocycles. The maximum absolute atomic E-state index is 2.48. The lowest BCUT2D eigenvalue weighted by Crippen LogP contribution is -2.15. The molecular formula is C89H182. The minimum atomic E-state index is 0.888. The molecule has 7 atom stereocenters.